The second-order valence-electron chi connectivity index (χ2n) is 5.41. The molecule has 0 fully saturated rings. The van der Waals surface area contributed by atoms with E-state index in [1.165, 1.54) is 0 Å². The highest BCUT2D eigenvalue weighted by molar-refractivity contribution is 5.85. The average molecular weight is 296 g/mol. The van der Waals surface area contributed by atoms with Gasteiger partial charge in [-0.1, -0.05) is 37.6 Å². The molecule has 0 aliphatic rings. The van der Waals surface area contributed by atoms with Gasteiger partial charge in [0.2, 0.25) is 0 Å². The highest BCUT2D eigenvalue weighted by Gasteiger charge is 2.15. The van der Waals surface area contributed by atoms with Gasteiger partial charge < -0.3 is 14.3 Å². The van der Waals surface area contributed by atoms with E-state index in [0.29, 0.717) is 6.61 Å². The van der Waals surface area contributed by atoms with Crippen LogP contribution >= 0.6 is 0 Å². The van der Waals surface area contributed by atoms with Gasteiger partial charge in [0.25, 0.3) is 0 Å². The van der Waals surface area contributed by atoms with E-state index in [9.17, 15) is 5.11 Å². The van der Waals surface area contributed by atoms with Gasteiger partial charge in [-0.05, 0) is 36.2 Å². The second-order valence-corrected chi connectivity index (χ2v) is 5.41. The fraction of sp³-hybridized carbons (Fsp3) is 0.263. The summed E-state index contributed by atoms with van der Waals surface area (Å²) in [5.74, 6) is 2.03. The lowest BCUT2D eigenvalue weighted by atomic mass is 10.1. The zero-order valence-corrected chi connectivity index (χ0v) is 12.7. The predicted octanol–water partition coefficient (Wildman–Crippen LogP) is 5.06. The Bertz CT molecular complexity index is 741. The van der Waals surface area contributed by atoms with Crippen LogP contribution in [0, 0.1) is 0 Å². The molecule has 0 unspecified atom stereocenters. The number of hydrogen-bond donors (Lipinski definition) is 1. The lowest BCUT2D eigenvalue weighted by Crippen LogP contribution is -1.97. The Labute approximate surface area is 130 Å². The molecule has 3 aromatic rings. The van der Waals surface area contributed by atoms with Crippen LogP contribution in [0.15, 0.2) is 52.9 Å². The summed E-state index contributed by atoms with van der Waals surface area (Å²) in [6, 6.07) is 15.0. The SMILES string of the molecule is CCCCc1oc2ccccc2c1OCc1ccc(O)cc1. The Hall–Kier alpha value is -2.42. The molecule has 0 spiro atoms. The lowest BCUT2D eigenvalue weighted by Gasteiger charge is -2.07. The van der Waals surface area contributed by atoms with Crippen LogP contribution in [0.3, 0.4) is 0 Å². The molecule has 3 nitrogen and oxygen atoms in total. The van der Waals surface area contributed by atoms with Gasteiger partial charge in [0, 0.05) is 6.42 Å². The topological polar surface area (TPSA) is 42.6 Å². The number of aromatic hydroxyl groups is 1. The van der Waals surface area contributed by atoms with Crippen molar-refractivity contribution in [2.45, 2.75) is 32.8 Å². The molecule has 1 aromatic heterocycles. The first kappa shape index (κ1) is 14.5. The third-order valence-corrected chi connectivity index (χ3v) is 3.70. The van der Waals surface area contributed by atoms with Crippen molar-refractivity contribution in [3.63, 3.8) is 0 Å². The average Bonchev–Trinajstić information content (AvgIpc) is 2.90. The maximum absolute atomic E-state index is 9.34. The molecule has 0 aliphatic carbocycles. The number of para-hydroxylation sites is 1. The number of unbranched alkanes of at least 4 members (excludes halogenated alkanes) is 1. The van der Waals surface area contributed by atoms with Crippen LogP contribution in [0.1, 0.15) is 31.1 Å². The molecule has 0 bridgehead atoms. The molecule has 2 aromatic carbocycles. The van der Waals surface area contributed by atoms with E-state index in [-0.39, 0.29) is 5.75 Å². The minimum Gasteiger partial charge on any atom is -0.508 e. The quantitative estimate of drug-likeness (QED) is 0.691. The summed E-state index contributed by atoms with van der Waals surface area (Å²) in [5.41, 5.74) is 1.89. The standard InChI is InChI=1S/C19H20O3/c1-2-3-7-18-19(16-6-4-5-8-17(16)22-18)21-13-14-9-11-15(20)12-10-14/h4-6,8-12,20H,2-3,7,13H2,1H3. The second kappa shape index (κ2) is 6.56. The first-order chi connectivity index (χ1) is 10.8. The molecule has 3 heteroatoms. The number of furan rings is 1. The van der Waals surface area contributed by atoms with Crippen LogP contribution in [0.2, 0.25) is 0 Å². The normalized spacial score (nSPS) is 11.0. The van der Waals surface area contributed by atoms with Crippen molar-refractivity contribution >= 4 is 11.0 Å². The van der Waals surface area contributed by atoms with E-state index < -0.39 is 0 Å². The van der Waals surface area contributed by atoms with Gasteiger partial charge in [-0.3, -0.25) is 0 Å². The number of benzene rings is 2. The van der Waals surface area contributed by atoms with E-state index in [4.69, 9.17) is 9.15 Å². The first-order valence-electron chi connectivity index (χ1n) is 7.69. The third kappa shape index (κ3) is 3.08. The van der Waals surface area contributed by atoms with Gasteiger partial charge >= 0.3 is 0 Å². The molecule has 0 saturated heterocycles. The summed E-state index contributed by atoms with van der Waals surface area (Å²) in [4.78, 5) is 0. The first-order valence-corrected chi connectivity index (χ1v) is 7.69. The Morgan fingerprint density at radius 3 is 2.59 bits per heavy atom. The fourth-order valence-electron chi connectivity index (χ4n) is 2.48. The van der Waals surface area contributed by atoms with Crippen LogP contribution in [0.4, 0.5) is 0 Å². The molecule has 0 aliphatic heterocycles. The van der Waals surface area contributed by atoms with Crippen LogP contribution in [-0.4, -0.2) is 5.11 Å². The summed E-state index contributed by atoms with van der Waals surface area (Å²) < 4.78 is 12.0. The Balaban J connectivity index is 1.85. The lowest BCUT2D eigenvalue weighted by molar-refractivity contribution is 0.298. The van der Waals surface area contributed by atoms with E-state index in [0.717, 1.165) is 47.3 Å². The minimum atomic E-state index is 0.265. The van der Waals surface area contributed by atoms with Gasteiger partial charge in [-0.15, -0.1) is 0 Å². The van der Waals surface area contributed by atoms with Gasteiger partial charge in [0.05, 0.1) is 5.39 Å². The number of rotatable bonds is 6. The highest BCUT2D eigenvalue weighted by atomic mass is 16.5. The summed E-state index contributed by atoms with van der Waals surface area (Å²) >= 11 is 0. The third-order valence-electron chi connectivity index (χ3n) is 3.70. The zero-order chi connectivity index (χ0) is 15.4. The molecule has 22 heavy (non-hydrogen) atoms. The van der Waals surface area contributed by atoms with E-state index in [1.54, 1.807) is 12.1 Å². The van der Waals surface area contributed by atoms with Crippen molar-refractivity contribution in [2.24, 2.45) is 0 Å². The van der Waals surface area contributed by atoms with Gasteiger partial charge in [0.15, 0.2) is 5.75 Å². The maximum atomic E-state index is 9.34. The molecular weight excluding hydrogens is 276 g/mol. The largest absolute Gasteiger partial charge is 0.508 e. The molecular formula is C19H20O3. The predicted molar refractivity (Wildman–Crippen MR) is 87.3 cm³/mol. The summed E-state index contributed by atoms with van der Waals surface area (Å²) in [5, 5.41) is 10.4. The number of ether oxygens (including phenoxy) is 1. The van der Waals surface area contributed by atoms with E-state index in [1.807, 2.05) is 36.4 Å². The number of fused-ring (bicyclic) bond motifs is 1. The van der Waals surface area contributed by atoms with E-state index >= 15 is 0 Å². The summed E-state index contributed by atoms with van der Waals surface area (Å²) in [7, 11) is 0. The summed E-state index contributed by atoms with van der Waals surface area (Å²) in [6.45, 7) is 2.63. The number of phenols is 1. The Morgan fingerprint density at radius 1 is 1.05 bits per heavy atom. The molecule has 3 rings (SSSR count). The molecule has 114 valence electrons. The van der Waals surface area contributed by atoms with Gasteiger partial charge in [0.1, 0.15) is 23.7 Å². The van der Waals surface area contributed by atoms with Crippen molar-refractivity contribution in [3.8, 4) is 11.5 Å². The molecule has 0 radical (unpaired) electrons. The zero-order valence-electron chi connectivity index (χ0n) is 12.7. The van der Waals surface area contributed by atoms with E-state index in [2.05, 4.69) is 6.92 Å². The number of aryl methyl sites for hydroxylation is 1. The highest BCUT2D eigenvalue weighted by Crippen LogP contribution is 2.34. The molecule has 0 amide bonds. The molecule has 1 N–H and O–H groups in total. The van der Waals surface area contributed by atoms with Gasteiger partial charge in [-0.2, -0.15) is 0 Å². The van der Waals surface area contributed by atoms with Crippen LogP contribution < -0.4 is 4.74 Å². The van der Waals surface area contributed by atoms with Crippen molar-refractivity contribution in [2.75, 3.05) is 0 Å². The van der Waals surface area contributed by atoms with Crippen molar-refractivity contribution < 1.29 is 14.3 Å². The Kier molecular flexibility index (Phi) is 4.33. The Morgan fingerprint density at radius 2 is 1.82 bits per heavy atom. The van der Waals surface area contributed by atoms with Gasteiger partial charge in [-0.25, -0.2) is 0 Å². The maximum Gasteiger partial charge on any atom is 0.168 e. The number of hydrogen-bond acceptors (Lipinski definition) is 3. The van der Waals surface area contributed by atoms with Crippen molar-refractivity contribution in [3.05, 3.63) is 59.9 Å². The monoisotopic (exact) mass is 296 g/mol. The van der Waals surface area contributed by atoms with Crippen LogP contribution in [0.5, 0.6) is 11.5 Å². The van der Waals surface area contributed by atoms with Crippen molar-refractivity contribution in [1.82, 2.24) is 0 Å². The van der Waals surface area contributed by atoms with Crippen molar-refractivity contribution in [1.29, 1.82) is 0 Å². The van der Waals surface area contributed by atoms with Crippen LogP contribution in [0.25, 0.3) is 11.0 Å². The van der Waals surface area contributed by atoms with Crippen LogP contribution in [-0.2, 0) is 13.0 Å². The fourth-order valence-corrected chi connectivity index (χ4v) is 2.48. The molecule has 0 atom stereocenters. The molecule has 0 saturated carbocycles. The number of phenolic OH excluding ortho intramolecular Hbond substituents is 1. The smallest absolute Gasteiger partial charge is 0.168 e. The minimum absolute atomic E-state index is 0.265. The molecule has 1 heterocycles. The summed E-state index contributed by atoms with van der Waals surface area (Å²) in [6.07, 6.45) is 3.08.